The van der Waals surface area contributed by atoms with Crippen LogP contribution in [0.5, 0.6) is 5.75 Å². The van der Waals surface area contributed by atoms with Crippen LogP contribution in [-0.4, -0.2) is 25.9 Å². The quantitative estimate of drug-likeness (QED) is 0.249. The summed E-state index contributed by atoms with van der Waals surface area (Å²) < 4.78 is 68.0. The fourth-order valence-electron chi connectivity index (χ4n) is 3.21. The van der Waals surface area contributed by atoms with Crippen molar-refractivity contribution >= 4 is 53.2 Å². The molecule has 4 aromatic rings. The van der Waals surface area contributed by atoms with Gasteiger partial charge in [0.25, 0.3) is 10.1 Å². The normalized spacial score (nSPS) is 12.3. The molecule has 163 valence electrons. The molecule has 4 rings (SSSR count). The van der Waals surface area contributed by atoms with Crippen LogP contribution in [0.25, 0.3) is 21.5 Å². The molecule has 4 aromatic carbocycles. The van der Waals surface area contributed by atoms with Crippen LogP contribution >= 0.6 is 0 Å². The molecule has 1 N–H and O–H groups in total. The van der Waals surface area contributed by atoms with E-state index in [1.165, 1.54) is 24.3 Å². The summed E-state index contributed by atoms with van der Waals surface area (Å²) in [6.45, 7) is 0. The summed E-state index contributed by atoms with van der Waals surface area (Å²) in [4.78, 5) is -1.40. The van der Waals surface area contributed by atoms with Gasteiger partial charge in [0.2, 0.25) is 0 Å². The molecular formula is C20H12MnN2O7S2. The molecule has 0 saturated carbocycles. The van der Waals surface area contributed by atoms with Crippen LogP contribution in [0.15, 0.2) is 86.7 Å². The topological polar surface area (TPSA) is 159 Å². The minimum Gasteiger partial charge on any atom is -0.871 e. The van der Waals surface area contributed by atoms with Gasteiger partial charge in [0.15, 0.2) is 0 Å². The molecule has 0 heterocycles. The van der Waals surface area contributed by atoms with E-state index in [1.807, 2.05) is 0 Å². The van der Waals surface area contributed by atoms with Gasteiger partial charge in [-0.3, -0.25) is 4.55 Å². The van der Waals surface area contributed by atoms with Gasteiger partial charge in [-0.25, -0.2) is 8.42 Å². The Morgan fingerprint density at radius 2 is 1.41 bits per heavy atom. The number of azo groups is 1. The van der Waals surface area contributed by atoms with Crippen LogP contribution in [0.4, 0.5) is 11.4 Å². The molecule has 0 bridgehead atoms. The zero-order valence-electron chi connectivity index (χ0n) is 15.8. The second kappa shape index (κ2) is 8.58. The first kappa shape index (κ1) is 23.8. The average molecular weight is 511 g/mol. The Hall–Kier alpha value is -2.86. The van der Waals surface area contributed by atoms with Gasteiger partial charge >= 0.3 is 17.1 Å². The molecule has 32 heavy (non-hydrogen) atoms. The van der Waals surface area contributed by atoms with E-state index in [0.717, 1.165) is 17.5 Å². The summed E-state index contributed by atoms with van der Waals surface area (Å²) >= 11 is 0. The van der Waals surface area contributed by atoms with Gasteiger partial charge in [-0.1, -0.05) is 54.3 Å². The van der Waals surface area contributed by atoms with Gasteiger partial charge in [-0.2, -0.15) is 13.5 Å². The molecule has 0 aliphatic heterocycles. The third-order valence-electron chi connectivity index (χ3n) is 4.59. The van der Waals surface area contributed by atoms with Gasteiger partial charge in [0, 0.05) is 10.8 Å². The van der Waals surface area contributed by atoms with Crippen LogP contribution in [0.2, 0.25) is 0 Å². The number of benzene rings is 4. The maximum atomic E-state index is 12.3. The van der Waals surface area contributed by atoms with E-state index in [-0.39, 0.29) is 39.2 Å². The molecule has 1 radical (unpaired) electrons. The van der Waals surface area contributed by atoms with Gasteiger partial charge in [-0.15, -0.1) is 5.11 Å². The van der Waals surface area contributed by atoms with Crippen molar-refractivity contribution in [3.8, 4) is 5.75 Å². The van der Waals surface area contributed by atoms with E-state index in [9.17, 15) is 31.0 Å². The first-order chi connectivity index (χ1) is 14.6. The molecule has 0 saturated heterocycles. The van der Waals surface area contributed by atoms with Crippen molar-refractivity contribution in [1.82, 2.24) is 0 Å². The smallest absolute Gasteiger partial charge is 0.871 e. The van der Waals surface area contributed by atoms with E-state index in [1.54, 1.807) is 30.3 Å². The standard InChI is InChI=1S/C20H14N2O7S2.Mn/c23-18-10-7-12-3-1-2-4-15(12)19(18)22-21-17-9-6-13-5-8-14(30(24,25)26)11-16(13)20(17)31(27,28)29;/h1-11,23H,(H,24,25,26)(H,27,28,29);/q;+2/p-2. The number of hydrogen-bond donors (Lipinski definition) is 1. The Kier molecular flexibility index (Phi) is 6.38. The predicted molar refractivity (Wildman–Crippen MR) is 109 cm³/mol. The van der Waals surface area contributed by atoms with Gasteiger partial charge in [0.1, 0.15) is 20.7 Å². The summed E-state index contributed by atoms with van der Waals surface area (Å²) in [5, 5.41) is 21.3. The van der Waals surface area contributed by atoms with Gasteiger partial charge in [0.05, 0.1) is 10.6 Å². The fraction of sp³-hybridized carbons (Fsp3) is 0. The summed E-state index contributed by atoms with van der Waals surface area (Å²) in [5.74, 6) is -0.448. The number of hydrogen-bond acceptors (Lipinski definition) is 8. The summed E-state index contributed by atoms with van der Waals surface area (Å²) in [5.41, 5.74) is -0.363. The van der Waals surface area contributed by atoms with Crippen LogP contribution < -0.4 is 5.11 Å². The molecule has 0 aromatic heterocycles. The molecule has 9 nitrogen and oxygen atoms in total. The van der Waals surface area contributed by atoms with Crippen molar-refractivity contribution in [2.24, 2.45) is 10.2 Å². The van der Waals surface area contributed by atoms with Crippen LogP contribution in [0.3, 0.4) is 0 Å². The van der Waals surface area contributed by atoms with Crippen molar-refractivity contribution in [1.29, 1.82) is 0 Å². The van der Waals surface area contributed by atoms with Crippen LogP contribution in [0.1, 0.15) is 0 Å². The third kappa shape index (κ3) is 4.51. The molecule has 0 aliphatic rings. The summed E-state index contributed by atoms with van der Waals surface area (Å²) in [7, 11) is -9.78. The SMILES string of the molecule is O=S(=O)([O-])c1ccc2ccc(N=Nc3c([O-])ccc4ccccc34)c(S(=O)(=O)O)c2c1.[Mn+2]. The Balaban J connectivity index is 0.00000289. The second-order valence-electron chi connectivity index (χ2n) is 6.56. The molecule has 0 atom stereocenters. The first-order valence-electron chi connectivity index (χ1n) is 8.66. The Bertz CT molecular complexity index is 1600. The average Bonchev–Trinajstić information content (AvgIpc) is 2.70. The Morgan fingerprint density at radius 3 is 2.09 bits per heavy atom. The number of nitrogens with zero attached hydrogens (tertiary/aromatic N) is 2. The predicted octanol–water partition coefficient (Wildman–Crippen LogP) is 3.63. The first-order valence-corrected chi connectivity index (χ1v) is 11.5. The van der Waals surface area contributed by atoms with Crippen molar-refractivity contribution in [3.05, 3.63) is 66.7 Å². The monoisotopic (exact) mass is 511 g/mol. The third-order valence-corrected chi connectivity index (χ3v) is 6.37. The number of rotatable bonds is 4. The largest absolute Gasteiger partial charge is 2.00 e. The van der Waals surface area contributed by atoms with Crippen LogP contribution in [0, 0.1) is 0 Å². The van der Waals surface area contributed by atoms with E-state index in [4.69, 9.17) is 0 Å². The van der Waals surface area contributed by atoms with E-state index < -0.39 is 35.8 Å². The zero-order chi connectivity index (χ0) is 22.4. The van der Waals surface area contributed by atoms with Gasteiger partial charge < -0.3 is 9.66 Å². The molecule has 0 spiro atoms. The zero-order valence-corrected chi connectivity index (χ0v) is 18.6. The summed E-state index contributed by atoms with van der Waals surface area (Å²) in [6.07, 6.45) is 0. The van der Waals surface area contributed by atoms with E-state index in [2.05, 4.69) is 10.2 Å². The van der Waals surface area contributed by atoms with Crippen molar-refractivity contribution in [2.45, 2.75) is 9.79 Å². The van der Waals surface area contributed by atoms with Crippen molar-refractivity contribution in [3.63, 3.8) is 0 Å². The minimum atomic E-state index is -4.91. The fourth-order valence-corrected chi connectivity index (χ4v) is 4.53. The van der Waals surface area contributed by atoms with Crippen LogP contribution in [-0.2, 0) is 37.3 Å². The van der Waals surface area contributed by atoms with E-state index in [0.29, 0.717) is 5.39 Å². The van der Waals surface area contributed by atoms with Crippen molar-refractivity contribution < 1.29 is 48.1 Å². The molecular weight excluding hydrogens is 499 g/mol. The number of fused-ring (bicyclic) bond motifs is 2. The molecule has 0 aliphatic carbocycles. The minimum absolute atomic E-state index is 0. The van der Waals surface area contributed by atoms with Crippen molar-refractivity contribution in [2.75, 3.05) is 0 Å². The summed E-state index contributed by atoms with van der Waals surface area (Å²) in [6, 6.07) is 15.6. The second-order valence-corrected chi connectivity index (χ2v) is 9.30. The Morgan fingerprint density at radius 1 is 0.781 bits per heavy atom. The Labute approximate surface area is 193 Å². The molecule has 0 amide bonds. The molecule has 12 heteroatoms. The molecule has 0 fully saturated rings. The maximum absolute atomic E-state index is 12.3. The van der Waals surface area contributed by atoms with Gasteiger partial charge in [-0.05, 0) is 29.0 Å². The molecule has 0 unspecified atom stereocenters. The van der Waals surface area contributed by atoms with E-state index >= 15 is 0 Å². The maximum Gasteiger partial charge on any atom is 2.00 e.